The highest BCUT2D eigenvalue weighted by molar-refractivity contribution is 5.41. The Balaban J connectivity index is 2.03. The van der Waals surface area contributed by atoms with Crippen LogP contribution in [-0.4, -0.2) is 42.4 Å². The topological polar surface area (TPSA) is 41.9 Å². The Morgan fingerprint density at radius 1 is 1.47 bits per heavy atom. The average molecular weight is 265 g/mol. The fourth-order valence-electron chi connectivity index (χ4n) is 2.41. The van der Waals surface area contributed by atoms with Gasteiger partial charge in [0.15, 0.2) is 11.5 Å². The summed E-state index contributed by atoms with van der Waals surface area (Å²) < 4.78 is 11.1. The lowest BCUT2D eigenvalue weighted by Crippen LogP contribution is -2.29. The Bertz CT molecular complexity index is 408. The van der Waals surface area contributed by atoms with Crippen molar-refractivity contribution in [1.82, 2.24) is 4.90 Å². The van der Waals surface area contributed by atoms with Crippen molar-refractivity contribution in [3.05, 3.63) is 23.8 Å². The Morgan fingerprint density at radius 3 is 3.11 bits per heavy atom. The van der Waals surface area contributed by atoms with Gasteiger partial charge in [0.2, 0.25) is 0 Å². The van der Waals surface area contributed by atoms with Gasteiger partial charge in [0.1, 0.15) is 0 Å². The first kappa shape index (κ1) is 14.2. The minimum atomic E-state index is 0.207. The van der Waals surface area contributed by atoms with Crippen molar-refractivity contribution in [2.45, 2.75) is 32.9 Å². The van der Waals surface area contributed by atoms with E-state index in [1.54, 1.807) is 6.07 Å². The molecular weight excluding hydrogens is 242 g/mol. The first-order chi connectivity index (χ1) is 9.19. The van der Waals surface area contributed by atoms with Gasteiger partial charge in [0.05, 0.1) is 12.7 Å². The van der Waals surface area contributed by atoms with Crippen molar-refractivity contribution >= 4 is 0 Å². The SMILES string of the molecule is CCOc1cc(CN2CCCOC(C)C2)ccc1O. The molecule has 1 aliphatic heterocycles. The van der Waals surface area contributed by atoms with Gasteiger partial charge in [-0.3, -0.25) is 4.90 Å². The fourth-order valence-corrected chi connectivity index (χ4v) is 2.41. The molecule has 1 aromatic carbocycles. The molecule has 1 aliphatic rings. The van der Waals surface area contributed by atoms with Crippen LogP contribution in [0.4, 0.5) is 0 Å². The van der Waals surface area contributed by atoms with Crippen LogP contribution in [0.15, 0.2) is 18.2 Å². The molecule has 106 valence electrons. The highest BCUT2D eigenvalue weighted by Gasteiger charge is 2.15. The molecule has 1 unspecified atom stereocenters. The van der Waals surface area contributed by atoms with Gasteiger partial charge in [-0.15, -0.1) is 0 Å². The molecule has 0 bridgehead atoms. The van der Waals surface area contributed by atoms with E-state index in [2.05, 4.69) is 11.8 Å². The molecule has 4 nitrogen and oxygen atoms in total. The lowest BCUT2D eigenvalue weighted by Gasteiger charge is -2.22. The number of phenolic OH excluding ortho intramolecular Hbond substituents is 1. The van der Waals surface area contributed by atoms with Crippen molar-refractivity contribution in [2.75, 3.05) is 26.3 Å². The summed E-state index contributed by atoms with van der Waals surface area (Å²) >= 11 is 0. The zero-order valence-electron chi connectivity index (χ0n) is 11.8. The van der Waals surface area contributed by atoms with Gasteiger partial charge < -0.3 is 14.6 Å². The third-order valence-corrected chi connectivity index (χ3v) is 3.27. The maximum absolute atomic E-state index is 9.70. The molecule has 1 heterocycles. The Kier molecular flexibility index (Phi) is 5.05. The van der Waals surface area contributed by atoms with Crippen LogP contribution in [0.25, 0.3) is 0 Å². The maximum atomic E-state index is 9.70. The molecule has 1 N–H and O–H groups in total. The number of hydrogen-bond donors (Lipinski definition) is 1. The largest absolute Gasteiger partial charge is 0.504 e. The number of aromatic hydroxyl groups is 1. The summed E-state index contributed by atoms with van der Waals surface area (Å²) in [6, 6.07) is 5.58. The molecule has 0 saturated carbocycles. The van der Waals surface area contributed by atoms with Crippen LogP contribution < -0.4 is 4.74 Å². The number of ether oxygens (including phenoxy) is 2. The lowest BCUT2D eigenvalue weighted by molar-refractivity contribution is 0.0668. The number of nitrogens with zero attached hydrogens (tertiary/aromatic N) is 1. The van der Waals surface area contributed by atoms with Crippen LogP contribution in [0.2, 0.25) is 0 Å². The molecule has 1 atom stereocenters. The van der Waals surface area contributed by atoms with Crippen LogP contribution in [0.5, 0.6) is 11.5 Å². The molecule has 0 radical (unpaired) electrons. The molecule has 4 heteroatoms. The molecule has 19 heavy (non-hydrogen) atoms. The average Bonchev–Trinajstić information content (AvgIpc) is 2.58. The molecule has 0 aromatic heterocycles. The van der Waals surface area contributed by atoms with E-state index in [1.165, 1.54) is 0 Å². The minimum Gasteiger partial charge on any atom is -0.504 e. The van der Waals surface area contributed by atoms with E-state index >= 15 is 0 Å². The second-order valence-corrected chi connectivity index (χ2v) is 5.01. The van der Waals surface area contributed by atoms with Gasteiger partial charge in [0.25, 0.3) is 0 Å². The molecule has 1 saturated heterocycles. The van der Waals surface area contributed by atoms with E-state index in [0.29, 0.717) is 12.4 Å². The van der Waals surface area contributed by atoms with Crippen molar-refractivity contribution in [1.29, 1.82) is 0 Å². The van der Waals surface area contributed by atoms with Gasteiger partial charge in [-0.05, 0) is 38.0 Å². The molecule has 1 aromatic rings. The normalized spacial score (nSPS) is 21.1. The van der Waals surface area contributed by atoms with Crippen LogP contribution >= 0.6 is 0 Å². The molecule has 0 amide bonds. The lowest BCUT2D eigenvalue weighted by atomic mass is 10.1. The van der Waals surface area contributed by atoms with Gasteiger partial charge >= 0.3 is 0 Å². The number of benzene rings is 1. The summed E-state index contributed by atoms with van der Waals surface area (Å²) in [6.07, 6.45) is 1.35. The van der Waals surface area contributed by atoms with Crippen LogP contribution in [0.3, 0.4) is 0 Å². The molecule has 1 fully saturated rings. The third-order valence-electron chi connectivity index (χ3n) is 3.27. The van der Waals surface area contributed by atoms with Crippen LogP contribution in [0.1, 0.15) is 25.8 Å². The first-order valence-electron chi connectivity index (χ1n) is 6.97. The van der Waals surface area contributed by atoms with E-state index in [4.69, 9.17) is 9.47 Å². The van der Waals surface area contributed by atoms with Crippen molar-refractivity contribution < 1.29 is 14.6 Å². The Hall–Kier alpha value is -1.26. The summed E-state index contributed by atoms with van der Waals surface area (Å²) in [7, 11) is 0. The number of phenols is 1. The van der Waals surface area contributed by atoms with E-state index in [-0.39, 0.29) is 11.9 Å². The molecule has 0 spiro atoms. The van der Waals surface area contributed by atoms with E-state index < -0.39 is 0 Å². The van der Waals surface area contributed by atoms with Crippen molar-refractivity contribution in [3.8, 4) is 11.5 Å². The standard InChI is InChI=1S/C15H23NO3/c1-3-18-15-9-13(5-6-14(15)17)11-16-7-4-8-19-12(2)10-16/h5-6,9,12,17H,3-4,7-8,10-11H2,1-2H3. The monoisotopic (exact) mass is 265 g/mol. The second kappa shape index (κ2) is 6.78. The van der Waals surface area contributed by atoms with E-state index in [0.717, 1.165) is 38.2 Å². The van der Waals surface area contributed by atoms with E-state index in [9.17, 15) is 5.11 Å². The highest BCUT2D eigenvalue weighted by Crippen LogP contribution is 2.27. The van der Waals surface area contributed by atoms with E-state index in [1.807, 2.05) is 19.1 Å². The third kappa shape index (κ3) is 4.11. The minimum absolute atomic E-state index is 0.207. The van der Waals surface area contributed by atoms with Crippen molar-refractivity contribution in [3.63, 3.8) is 0 Å². The van der Waals surface area contributed by atoms with Gasteiger partial charge in [-0.1, -0.05) is 6.07 Å². The quantitative estimate of drug-likeness (QED) is 0.907. The van der Waals surface area contributed by atoms with Crippen LogP contribution in [-0.2, 0) is 11.3 Å². The first-order valence-corrected chi connectivity index (χ1v) is 6.97. The smallest absolute Gasteiger partial charge is 0.161 e. The van der Waals surface area contributed by atoms with Gasteiger partial charge in [-0.2, -0.15) is 0 Å². The summed E-state index contributed by atoms with van der Waals surface area (Å²) in [4.78, 5) is 2.39. The predicted octanol–water partition coefficient (Wildman–Crippen LogP) is 2.40. The summed E-state index contributed by atoms with van der Waals surface area (Å²) in [5.74, 6) is 0.775. The second-order valence-electron chi connectivity index (χ2n) is 5.01. The molecule has 0 aliphatic carbocycles. The van der Waals surface area contributed by atoms with Gasteiger partial charge in [-0.25, -0.2) is 0 Å². The number of rotatable bonds is 4. The maximum Gasteiger partial charge on any atom is 0.161 e. The zero-order valence-corrected chi connectivity index (χ0v) is 11.8. The molecular formula is C15H23NO3. The fraction of sp³-hybridized carbons (Fsp3) is 0.600. The Morgan fingerprint density at radius 2 is 2.32 bits per heavy atom. The summed E-state index contributed by atoms with van der Waals surface area (Å²) in [5, 5.41) is 9.70. The van der Waals surface area contributed by atoms with Crippen molar-refractivity contribution in [2.24, 2.45) is 0 Å². The Labute approximate surface area is 114 Å². The summed E-state index contributed by atoms with van der Waals surface area (Å²) in [6.45, 7) is 8.30. The number of hydrogen-bond acceptors (Lipinski definition) is 4. The highest BCUT2D eigenvalue weighted by atomic mass is 16.5. The zero-order chi connectivity index (χ0) is 13.7. The predicted molar refractivity (Wildman–Crippen MR) is 74.6 cm³/mol. The summed E-state index contributed by atoms with van der Waals surface area (Å²) in [5.41, 5.74) is 1.16. The molecule has 2 rings (SSSR count). The van der Waals surface area contributed by atoms with Crippen LogP contribution in [0, 0.1) is 0 Å². The van der Waals surface area contributed by atoms with Gasteiger partial charge in [0, 0.05) is 26.2 Å².